The Morgan fingerprint density at radius 3 is 3.38 bits per heavy atom. The van der Waals surface area contributed by atoms with Gasteiger partial charge in [0.2, 0.25) is 0 Å². The zero-order valence-electron chi connectivity index (χ0n) is 7.86. The van der Waals surface area contributed by atoms with Crippen molar-refractivity contribution in [2.45, 2.75) is 18.7 Å². The Kier molecular flexibility index (Phi) is 2.90. The third-order valence-corrected chi connectivity index (χ3v) is 3.42. The van der Waals surface area contributed by atoms with Gasteiger partial charge in [-0.1, -0.05) is 6.92 Å². The summed E-state index contributed by atoms with van der Waals surface area (Å²) in [6.45, 7) is 5.75. The maximum absolute atomic E-state index is 3.95. The number of hydrogen-bond donors (Lipinski definition) is 1. The highest BCUT2D eigenvalue weighted by Crippen LogP contribution is 2.18. The lowest BCUT2D eigenvalue weighted by atomic mass is 10.3. The first-order chi connectivity index (χ1) is 6.34. The average molecular weight is 197 g/mol. The summed E-state index contributed by atoms with van der Waals surface area (Å²) in [6, 6.07) is 0. The van der Waals surface area contributed by atoms with Gasteiger partial charge in [0, 0.05) is 42.4 Å². The number of thioether (sulfide) groups is 1. The number of nitrogens with one attached hydrogen (secondary N) is 1. The predicted molar refractivity (Wildman–Crippen MR) is 55.8 cm³/mol. The molecule has 0 bridgehead atoms. The van der Waals surface area contributed by atoms with Crippen molar-refractivity contribution in [2.24, 2.45) is 0 Å². The molecule has 1 saturated heterocycles. The maximum Gasteiger partial charge on any atom is 0.0532 e. The largest absolute Gasteiger partial charge is 0.297 e. The molecule has 3 nitrogen and oxygen atoms in total. The normalized spacial score (nSPS) is 24.8. The average Bonchev–Trinajstić information content (AvgIpc) is 2.57. The molecule has 72 valence electrons. The van der Waals surface area contributed by atoms with E-state index in [0.29, 0.717) is 0 Å². The number of aromatic nitrogens is 2. The summed E-state index contributed by atoms with van der Waals surface area (Å²) in [5.41, 5.74) is 1.29. The van der Waals surface area contributed by atoms with Crippen LogP contribution in [0.1, 0.15) is 12.5 Å². The van der Waals surface area contributed by atoms with Crippen LogP contribution in [0.2, 0.25) is 0 Å². The lowest BCUT2D eigenvalue weighted by Crippen LogP contribution is -2.35. The van der Waals surface area contributed by atoms with Gasteiger partial charge in [0.1, 0.15) is 0 Å². The zero-order chi connectivity index (χ0) is 9.10. The van der Waals surface area contributed by atoms with Gasteiger partial charge in [-0.3, -0.25) is 10.00 Å². The van der Waals surface area contributed by atoms with Crippen molar-refractivity contribution in [3.63, 3.8) is 0 Å². The molecule has 2 rings (SSSR count). The molecule has 0 radical (unpaired) electrons. The fraction of sp³-hybridized carbons (Fsp3) is 0.667. The second-order valence-corrected chi connectivity index (χ2v) is 5.07. The molecule has 1 aromatic heterocycles. The fourth-order valence-corrected chi connectivity index (χ4v) is 2.74. The molecule has 2 heterocycles. The predicted octanol–water partition coefficient (Wildman–Crippen LogP) is 1.35. The molecular formula is C9H15N3S. The Morgan fingerprint density at radius 1 is 1.77 bits per heavy atom. The van der Waals surface area contributed by atoms with Crippen molar-refractivity contribution >= 4 is 11.8 Å². The van der Waals surface area contributed by atoms with Gasteiger partial charge in [-0.25, -0.2) is 0 Å². The Bertz CT molecular complexity index is 247. The van der Waals surface area contributed by atoms with Gasteiger partial charge in [-0.15, -0.1) is 0 Å². The van der Waals surface area contributed by atoms with E-state index in [2.05, 4.69) is 33.8 Å². The third kappa shape index (κ3) is 2.48. The molecule has 1 N–H and O–H groups in total. The van der Waals surface area contributed by atoms with Gasteiger partial charge >= 0.3 is 0 Å². The summed E-state index contributed by atoms with van der Waals surface area (Å²) >= 11 is 2.07. The van der Waals surface area contributed by atoms with Gasteiger partial charge in [0.05, 0.1) is 6.20 Å². The monoisotopic (exact) mass is 197 g/mol. The summed E-state index contributed by atoms with van der Waals surface area (Å²) in [5.74, 6) is 1.26. The number of rotatable bonds is 2. The second-order valence-electron chi connectivity index (χ2n) is 3.52. The summed E-state index contributed by atoms with van der Waals surface area (Å²) in [5, 5.41) is 7.58. The molecule has 1 atom stereocenters. The number of H-pyrrole nitrogens is 1. The van der Waals surface area contributed by atoms with E-state index in [1.807, 2.05) is 12.4 Å². The molecule has 1 aliphatic rings. The first-order valence-electron chi connectivity index (χ1n) is 4.66. The molecule has 0 aliphatic carbocycles. The molecule has 0 amide bonds. The van der Waals surface area contributed by atoms with Crippen LogP contribution in [-0.4, -0.2) is 39.2 Å². The maximum atomic E-state index is 3.95. The molecule has 1 unspecified atom stereocenters. The van der Waals surface area contributed by atoms with Gasteiger partial charge in [0.15, 0.2) is 0 Å². The highest BCUT2D eigenvalue weighted by atomic mass is 32.2. The Labute approximate surface area is 82.9 Å². The Balaban J connectivity index is 1.87. The van der Waals surface area contributed by atoms with Crippen LogP contribution in [0, 0.1) is 0 Å². The van der Waals surface area contributed by atoms with Crippen LogP contribution < -0.4 is 0 Å². The van der Waals surface area contributed by atoms with Crippen molar-refractivity contribution in [1.82, 2.24) is 15.1 Å². The molecule has 4 heteroatoms. The number of hydrogen-bond acceptors (Lipinski definition) is 3. The lowest BCUT2D eigenvalue weighted by Gasteiger charge is -2.29. The van der Waals surface area contributed by atoms with Crippen LogP contribution >= 0.6 is 11.8 Å². The minimum Gasteiger partial charge on any atom is -0.297 e. The van der Waals surface area contributed by atoms with E-state index >= 15 is 0 Å². The quantitative estimate of drug-likeness (QED) is 0.776. The molecule has 0 spiro atoms. The number of aromatic amines is 1. The zero-order valence-corrected chi connectivity index (χ0v) is 8.68. The van der Waals surface area contributed by atoms with Gasteiger partial charge in [0.25, 0.3) is 0 Å². The van der Waals surface area contributed by atoms with E-state index in [9.17, 15) is 0 Å². The molecule has 0 saturated carbocycles. The Hall–Kier alpha value is -0.480. The number of nitrogens with zero attached hydrogens (tertiary/aromatic N) is 2. The summed E-state index contributed by atoms with van der Waals surface area (Å²) < 4.78 is 0. The molecule has 13 heavy (non-hydrogen) atoms. The van der Waals surface area contributed by atoms with Crippen LogP contribution in [0.5, 0.6) is 0 Å². The first kappa shape index (κ1) is 9.09. The topological polar surface area (TPSA) is 31.9 Å². The highest BCUT2D eigenvalue weighted by molar-refractivity contribution is 7.99. The van der Waals surface area contributed by atoms with Crippen LogP contribution in [0.25, 0.3) is 0 Å². The van der Waals surface area contributed by atoms with E-state index in [1.54, 1.807) is 0 Å². The van der Waals surface area contributed by atoms with Gasteiger partial charge < -0.3 is 0 Å². The smallest absolute Gasteiger partial charge is 0.0532 e. The van der Waals surface area contributed by atoms with Crippen LogP contribution in [0.4, 0.5) is 0 Å². The van der Waals surface area contributed by atoms with Crippen molar-refractivity contribution in [2.75, 3.05) is 18.8 Å². The van der Waals surface area contributed by atoms with E-state index in [-0.39, 0.29) is 0 Å². The van der Waals surface area contributed by atoms with Crippen molar-refractivity contribution in [1.29, 1.82) is 0 Å². The van der Waals surface area contributed by atoms with Gasteiger partial charge in [-0.2, -0.15) is 16.9 Å². The van der Waals surface area contributed by atoms with E-state index in [4.69, 9.17) is 0 Å². The van der Waals surface area contributed by atoms with E-state index in [1.165, 1.54) is 24.4 Å². The lowest BCUT2D eigenvalue weighted by molar-refractivity contribution is 0.278. The SMILES string of the molecule is CC1CN(Cc2cn[nH]c2)CCS1. The van der Waals surface area contributed by atoms with Crippen molar-refractivity contribution in [3.8, 4) is 0 Å². The van der Waals surface area contributed by atoms with Crippen LogP contribution in [-0.2, 0) is 6.54 Å². The van der Waals surface area contributed by atoms with Crippen LogP contribution in [0.15, 0.2) is 12.4 Å². The van der Waals surface area contributed by atoms with Gasteiger partial charge in [-0.05, 0) is 0 Å². The molecular weight excluding hydrogens is 182 g/mol. The fourth-order valence-electron chi connectivity index (χ4n) is 1.66. The van der Waals surface area contributed by atoms with E-state index < -0.39 is 0 Å². The minimum absolute atomic E-state index is 0.778. The highest BCUT2D eigenvalue weighted by Gasteiger charge is 2.16. The standard InChI is InChI=1S/C9H15N3S/c1-8-6-12(2-3-13-8)7-9-4-10-11-5-9/h4-5,8H,2-3,6-7H2,1H3,(H,10,11). The van der Waals surface area contributed by atoms with Crippen molar-refractivity contribution < 1.29 is 0 Å². The van der Waals surface area contributed by atoms with E-state index in [0.717, 1.165) is 11.8 Å². The van der Waals surface area contributed by atoms with Crippen LogP contribution in [0.3, 0.4) is 0 Å². The summed E-state index contributed by atoms with van der Waals surface area (Å²) in [4.78, 5) is 2.49. The molecule has 1 aromatic rings. The molecule has 0 aromatic carbocycles. The minimum atomic E-state index is 0.778. The summed E-state index contributed by atoms with van der Waals surface area (Å²) in [7, 11) is 0. The first-order valence-corrected chi connectivity index (χ1v) is 5.71. The summed E-state index contributed by atoms with van der Waals surface area (Å²) in [6.07, 6.45) is 3.89. The second kappa shape index (κ2) is 4.15. The molecule has 1 aliphatic heterocycles. The van der Waals surface area contributed by atoms with Crippen molar-refractivity contribution in [3.05, 3.63) is 18.0 Å². The molecule has 1 fully saturated rings. The Morgan fingerprint density at radius 2 is 2.69 bits per heavy atom. The third-order valence-electron chi connectivity index (χ3n) is 2.29.